The molecule has 0 aliphatic rings. The van der Waals surface area contributed by atoms with Crippen LogP contribution in [0.5, 0.6) is 0 Å². The van der Waals surface area contributed by atoms with Crippen LogP contribution in [0, 0.1) is 19.8 Å². The Bertz CT molecular complexity index is 1160. The van der Waals surface area contributed by atoms with E-state index < -0.39 is 23.8 Å². The van der Waals surface area contributed by atoms with Crippen molar-refractivity contribution in [3.63, 3.8) is 0 Å². The zero-order valence-electron chi connectivity index (χ0n) is 27.8. The number of nitrogens with zero attached hydrogens (tertiary/aromatic N) is 1. The largest absolute Gasteiger partial charge is 0.444 e. The summed E-state index contributed by atoms with van der Waals surface area (Å²) in [7, 11) is 0. The second-order valence-corrected chi connectivity index (χ2v) is 12.8. The number of hydrogen-bond acceptors (Lipinski definition) is 4. The Morgan fingerprint density at radius 3 is 2.19 bits per heavy atom. The third-order valence-electron chi connectivity index (χ3n) is 7.79. The summed E-state index contributed by atoms with van der Waals surface area (Å²) < 4.78 is 5.54. The van der Waals surface area contributed by atoms with Crippen LogP contribution in [0.4, 0.5) is 4.79 Å². The molecule has 238 valence electrons. The van der Waals surface area contributed by atoms with Crippen LogP contribution in [-0.2, 0) is 20.9 Å². The molecule has 0 bridgehead atoms. The summed E-state index contributed by atoms with van der Waals surface area (Å²) in [6.45, 7) is 16.3. The van der Waals surface area contributed by atoms with Gasteiger partial charge in [-0.1, -0.05) is 113 Å². The Morgan fingerprint density at radius 2 is 1.56 bits per heavy atom. The van der Waals surface area contributed by atoms with Crippen LogP contribution in [0.25, 0.3) is 0 Å². The third kappa shape index (κ3) is 12.0. The minimum atomic E-state index is -0.848. The monoisotopic (exact) mass is 593 g/mol. The molecule has 7 heteroatoms. The van der Waals surface area contributed by atoms with Crippen LogP contribution >= 0.6 is 0 Å². The second-order valence-electron chi connectivity index (χ2n) is 12.8. The molecule has 43 heavy (non-hydrogen) atoms. The van der Waals surface area contributed by atoms with Gasteiger partial charge >= 0.3 is 6.09 Å². The summed E-state index contributed by atoms with van der Waals surface area (Å²) in [5, 5.41) is 5.97. The molecule has 0 heterocycles. The molecule has 0 aromatic heterocycles. The predicted octanol–water partition coefficient (Wildman–Crippen LogP) is 7.79. The minimum Gasteiger partial charge on any atom is -0.444 e. The highest BCUT2D eigenvalue weighted by Gasteiger charge is 2.38. The molecule has 3 unspecified atom stereocenters. The number of unbranched alkanes of at least 4 members (excludes halogenated alkanes) is 5. The van der Waals surface area contributed by atoms with Gasteiger partial charge in [0.25, 0.3) is 0 Å². The van der Waals surface area contributed by atoms with Gasteiger partial charge in [0.2, 0.25) is 11.8 Å². The number of hydrogen-bond donors (Lipinski definition) is 2. The van der Waals surface area contributed by atoms with Gasteiger partial charge in [-0.3, -0.25) is 9.59 Å². The van der Waals surface area contributed by atoms with Crippen molar-refractivity contribution in [3.8, 4) is 0 Å². The van der Waals surface area contributed by atoms with E-state index in [4.69, 9.17) is 4.74 Å². The molecule has 3 amide bonds. The number of ether oxygens (including phenoxy) is 1. The number of nitrogens with one attached hydrogen (secondary N) is 2. The van der Waals surface area contributed by atoms with Crippen molar-refractivity contribution in [2.45, 2.75) is 125 Å². The van der Waals surface area contributed by atoms with E-state index in [1.165, 1.54) is 6.42 Å². The third-order valence-corrected chi connectivity index (χ3v) is 7.79. The van der Waals surface area contributed by atoms with Gasteiger partial charge in [0.15, 0.2) is 0 Å². The van der Waals surface area contributed by atoms with E-state index >= 15 is 0 Å². The number of aryl methyl sites for hydroxylation is 2. The molecule has 0 saturated carbocycles. The average molecular weight is 594 g/mol. The van der Waals surface area contributed by atoms with Crippen molar-refractivity contribution < 1.29 is 19.1 Å². The lowest BCUT2D eigenvalue weighted by molar-refractivity contribution is -0.143. The van der Waals surface area contributed by atoms with E-state index in [-0.39, 0.29) is 17.7 Å². The van der Waals surface area contributed by atoms with Crippen LogP contribution in [0.1, 0.15) is 115 Å². The lowest BCUT2D eigenvalue weighted by atomic mass is 9.93. The van der Waals surface area contributed by atoms with E-state index in [9.17, 15) is 14.4 Å². The van der Waals surface area contributed by atoms with Gasteiger partial charge in [0.05, 0.1) is 0 Å². The quantitative estimate of drug-likeness (QED) is 0.195. The molecule has 0 fully saturated rings. The summed E-state index contributed by atoms with van der Waals surface area (Å²) in [5.41, 5.74) is 3.02. The van der Waals surface area contributed by atoms with Crippen molar-refractivity contribution in [1.29, 1.82) is 0 Å². The van der Waals surface area contributed by atoms with E-state index in [0.717, 1.165) is 54.4 Å². The molecule has 0 saturated heterocycles. The maximum atomic E-state index is 14.6. The summed E-state index contributed by atoms with van der Waals surface area (Å²) >= 11 is 0. The van der Waals surface area contributed by atoms with E-state index in [1.807, 2.05) is 76.2 Å². The standard InChI is InChI=1S/C36H55N3O4/c1-9-11-12-13-14-18-23-39(34(41)31(27(4)10-2)38-35(42)43-36(6,7)8)32(30-24-26(3)21-22-28(30)5)33(40)37-25-29-19-16-15-17-20-29/h15-17,19-22,24,27,31-32H,9-14,18,23,25H2,1-8H3,(H,37,40)(H,38,42). The molecule has 2 aromatic carbocycles. The fourth-order valence-electron chi connectivity index (χ4n) is 5.11. The van der Waals surface area contributed by atoms with Crippen LogP contribution in [-0.4, -0.2) is 41.0 Å². The van der Waals surface area contributed by atoms with Gasteiger partial charge in [-0.2, -0.15) is 0 Å². The van der Waals surface area contributed by atoms with E-state index in [1.54, 1.807) is 25.7 Å². The zero-order valence-corrected chi connectivity index (χ0v) is 27.8. The Kier molecular flexibility index (Phi) is 14.7. The first kappa shape index (κ1) is 35.8. The molecule has 3 atom stereocenters. The van der Waals surface area contributed by atoms with Crippen molar-refractivity contribution in [2.75, 3.05) is 6.54 Å². The van der Waals surface area contributed by atoms with Gasteiger partial charge in [-0.15, -0.1) is 0 Å². The molecule has 0 aliphatic heterocycles. The van der Waals surface area contributed by atoms with Crippen LogP contribution in [0.2, 0.25) is 0 Å². The molecule has 0 aliphatic carbocycles. The van der Waals surface area contributed by atoms with Gasteiger partial charge in [0, 0.05) is 13.1 Å². The minimum absolute atomic E-state index is 0.168. The highest BCUT2D eigenvalue weighted by atomic mass is 16.6. The maximum absolute atomic E-state index is 14.6. The van der Waals surface area contributed by atoms with Crippen molar-refractivity contribution >= 4 is 17.9 Å². The zero-order chi connectivity index (χ0) is 32.0. The van der Waals surface area contributed by atoms with Crippen LogP contribution in [0.15, 0.2) is 48.5 Å². The molecule has 0 spiro atoms. The summed E-state index contributed by atoms with van der Waals surface area (Å²) in [4.78, 5) is 43.4. The van der Waals surface area contributed by atoms with Crippen molar-refractivity contribution in [3.05, 3.63) is 70.8 Å². The van der Waals surface area contributed by atoms with E-state index in [0.29, 0.717) is 19.5 Å². The molecular formula is C36H55N3O4. The molecule has 2 rings (SSSR count). The lowest BCUT2D eigenvalue weighted by Gasteiger charge is -2.36. The predicted molar refractivity (Wildman–Crippen MR) is 175 cm³/mol. The summed E-state index contributed by atoms with van der Waals surface area (Å²) in [5.74, 6) is -0.676. The average Bonchev–Trinajstić information content (AvgIpc) is 2.96. The van der Waals surface area contributed by atoms with Gasteiger partial charge < -0.3 is 20.3 Å². The summed E-state index contributed by atoms with van der Waals surface area (Å²) in [6, 6.07) is 14.1. The van der Waals surface area contributed by atoms with Crippen LogP contribution < -0.4 is 10.6 Å². The number of rotatable bonds is 16. The first-order valence-corrected chi connectivity index (χ1v) is 16.1. The highest BCUT2D eigenvalue weighted by Crippen LogP contribution is 2.29. The number of amides is 3. The second kappa shape index (κ2) is 17.7. The van der Waals surface area contributed by atoms with Gasteiger partial charge in [0.1, 0.15) is 17.7 Å². The fraction of sp³-hybridized carbons (Fsp3) is 0.583. The van der Waals surface area contributed by atoms with Crippen molar-refractivity contribution in [2.24, 2.45) is 5.92 Å². The first-order valence-electron chi connectivity index (χ1n) is 16.1. The Morgan fingerprint density at radius 1 is 0.907 bits per heavy atom. The lowest BCUT2D eigenvalue weighted by Crippen LogP contribution is -2.55. The molecular weight excluding hydrogens is 538 g/mol. The normalized spacial score (nSPS) is 13.5. The molecule has 2 aromatic rings. The number of benzene rings is 2. The number of carbonyl (C=O) groups is 3. The fourth-order valence-corrected chi connectivity index (χ4v) is 5.11. The molecule has 7 nitrogen and oxygen atoms in total. The number of alkyl carbamates (subject to hydrolysis) is 1. The smallest absolute Gasteiger partial charge is 0.408 e. The van der Waals surface area contributed by atoms with Crippen LogP contribution in [0.3, 0.4) is 0 Å². The maximum Gasteiger partial charge on any atom is 0.408 e. The molecule has 0 radical (unpaired) electrons. The Labute approximate surface area is 260 Å². The van der Waals surface area contributed by atoms with Crippen molar-refractivity contribution in [1.82, 2.24) is 15.5 Å². The number of carbonyl (C=O) groups excluding carboxylic acids is 3. The first-order chi connectivity index (χ1) is 20.4. The Hall–Kier alpha value is -3.35. The highest BCUT2D eigenvalue weighted by molar-refractivity contribution is 5.92. The summed E-state index contributed by atoms with van der Waals surface area (Å²) in [6.07, 6.45) is 6.34. The Balaban J connectivity index is 2.52. The SMILES string of the molecule is CCCCCCCCN(C(=O)C(NC(=O)OC(C)(C)C)C(C)CC)C(C(=O)NCc1ccccc1)c1cc(C)ccc1C. The van der Waals surface area contributed by atoms with E-state index in [2.05, 4.69) is 17.6 Å². The molecule has 2 N–H and O–H groups in total. The van der Waals surface area contributed by atoms with Gasteiger partial charge in [-0.25, -0.2) is 4.79 Å². The topological polar surface area (TPSA) is 87.7 Å². The van der Waals surface area contributed by atoms with Gasteiger partial charge in [-0.05, 0) is 63.6 Å².